The third-order valence-corrected chi connectivity index (χ3v) is 3.28. The van der Waals surface area contributed by atoms with Crippen molar-refractivity contribution >= 4 is 17.3 Å². The van der Waals surface area contributed by atoms with Gasteiger partial charge in [-0.05, 0) is 36.6 Å². The average Bonchev–Trinajstić information content (AvgIpc) is 2.33. The molecule has 0 bridgehead atoms. The van der Waals surface area contributed by atoms with E-state index in [1.807, 2.05) is 0 Å². The Labute approximate surface area is 107 Å². The first-order valence-electron chi connectivity index (χ1n) is 5.57. The second-order valence-electron chi connectivity index (χ2n) is 4.07. The van der Waals surface area contributed by atoms with Crippen LogP contribution in [-0.4, -0.2) is 4.98 Å². The third kappa shape index (κ3) is 2.77. The molecule has 1 aromatic carbocycles. The molecule has 0 saturated heterocycles. The molecule has 88 valence electrons. The van der Waals surface area contributed by atoms with Crippen LogP contribution >= 0.6 is 11.6 Å². The zero-order valence-electron chi connectivity index (χ0n) is 10.00. The highest BCUT2D eigenvalue weighted by Crippen LogP contribution is 2.21. The van der Waals surface area contributed by atoms with Crippen LogP contribution in [0, 0.1) is 13.8 Å². The smallest absolute Gasteiger partial charge is 0.0718 e. The number of hydrogen-bond donors (Lipinski definition) is 1. The fourth-order valence-electron chi connectivity index (χ4n) is 1.70. The standard InChI is InChI=1S/C14H15ClN2/c1-10-4-3-5-12(11(10)2)8-17-14-9-16-7-6-13(14)15/h3-7,9,17H,8H2,1-2H3. The number of hydrogen-bond acceptors (Lipinski definition) is 2. The highest BCUT2D eigenvalue weighted by atomic mass is 35.5. The summed E-state index contributed by atoms with van der Waals surface area (Å²) in [5.74, 6) is 0. The quantitative estimate of drug-likeness (QED) is 0.887. The number of aryl methyl sites for hydroxylation is 1. The number of halogens is 1. The van der Waals surface area contributed by atoms with Gasteiger partial charge in [0.15, 0.2) is 0 Å². The van der Waals surface area contributed by atoms with Gasteiger partial charge >= 0.3 is 0 Å². The van der Waals surface area contributed by atoms with Crippen LogP contribution in [0.3, 0.4) is 0 Å². The van der Waals surface area contributed by atoms with Crippen LogP contribution in [0.5, 0.6) is 0 Å². The van der Waals surface area contributed by atoms with Gasteiger partial charge in [0, 0.05) is 12.7 Å². The van der Waals surface area contributed by atoms with E-state index in [-0.39, 0.29) is 0 Å². The van der Waals surface area contributed by atoms with Crippen molar-refractivity contribution in [3.05, 3.63) is 58.4 Å². The second kappa shape index (κ2) is 5.19. The molecular weight excluding hydrogens is 232 g/mol. The maximum absolute atomic E-state index is 6.06. The summed E-state index contributed by atoms with van der Waals surface area (Å²) in [6.07, 6.45) is 3.43. The minimum absolute atomic E-state index is 0.699. The molecule has 0 unspecified atom stereocenters. The van der Waals surface area contributed by atoms with Gasteiger partial charge in [-0.15, -0.1) is 0 Å². The number of rotatable bonds is 3. The van der Waals surface area contributed by atoms with E-state index < -0.39 is 0 Å². The maximum Gasteiger partial charge on any atom is 0.0718 e. The molecule has 17 heavy (non-hydrogen) atoms. The molecule has 0 amide bonds. The Hall–Kier alpha value is -1.54. The first kappa shape index (κ1) is 11.9. The zero-order chi connectivity index (χ0) is 12.3. The van der Waals surface area contributed by atoms with E-state index in [0.29, 0.717) is 5.02 Å². The van der Waals surface area contributed by atoms with Gasteiger partial charge in [-0.1, -0.05) is 29.8 Å². The lowest BCUT2D eigenvalue weighted by molar-refractivity contribution is 1.10. The molecule has 0 atom stereocenters. The molecule has 0 radical (unpaired) electrons. The van der Waals surface area contributed by atoms with Crippen molar-refractivity contribution in [3.8, 4) is 0 Å². The summed E-state index contributed by atoms with van der Waals surface area (Å²) in [7, 11) is 0. The molecule has 1 aromatic heterocycles. The van der Waals surface area contributed by atoms with Gasteiger partial charge in [0.05, 0.1) is 16.9 Å². The van der Waals surface area contributed by atoms with Crippen molar-refractivity contribution < 1.29 is 0 Å². The fourth-order valence-corrected chi connectivity index (χ4v) is 1.87. The van der Waals surface area contributed by atoms with Crippen molar-refractivity contribution in [1.29, 1.82) is 0 Å². The summed E-state index contributed by atoms with van der Waals surface area (Å²) in [5, 5.41) is 4.00. The molecule has 0 spiro atoms. The lowest BCUT2D eigenvalue weighted by Crippen LogP contribution is -2.02. The first-order chi connectivity index (χ1) is 8.18. The molecule has 0 saturated carbocycles. The molecule has 2 nitrogen and oxygen atoms in total. The Balaban J connectivity index is 2.13. The summed E-state index contributed by atoms with van der Waals surface area (Å²) in [5.41, 5.74) is 4.78. The molecule has 0 aliphatic rings. The number of aromatic nitrogens is 1. The molecule has 0 aliphatic carbocycles. The van der Waals surface area contributed by atoms with Crippen LogP contribution in [0.1, 0.15) is 16.7 Å². The Kier molecular flexibility index (Phi) is 3.64. The topological polar surface area (TPSA) is 24.9 Å². The van der Waals surface area contributed by atoms with Crippen molar-refractivity contribution in [1.82, 2.24) is 4.98 Å². The minimum atomic E-state index is 0.699. The Morgan fingerprint density at radius 1 is 1.24 bits per heavy atom. The predicted octanol–water partition coefficient (Wildman–Crippen LogP) is 3.96. The Morgan fingerprint density at radius 2 is 2.06 bits per heavy atom. The fraction of sp³-hybridized carbons (Fsp3) is 0.214. The highest BCUT2D eigenvalue weighted by Gasteiger charge is 2.02. The van der Waals surface area contributed by atoms with Crippen molar-refractivity contribution in [2.45, 2.75) is 20.4 Å². The second-order valence-corrected chi connectivity index (χ2v) is 4.48. The summed E-state index contributed by atoms with van der Waals surface area (Å²) in [6, 6.07) is 8.10. The molecule has 2 rings (SSSR count). The van der Waals surface area contributed by atoms with Crippen LogP contribution in [0.15, 0.2) is 36.7 Å². The predicted molar refractivity (Wildman–Crippen MR) is 72.5 cm³/mol. The van der Waals surface area contributed by atoms with Gasteiger partial charge in [-0.25, -0.2) is 0 Å². The maximum atomic E-state index is 6.06. The van der Waals surface area contributed by atoms with E-state index >= 15 is 0 Å². The number of anilines is 1. The van der Waals surface area contributed by atoms with Crippen LogP contribution in [0.2, 0.25) is 5.02 Å². The molecule has 1 N–H and O–H groups in total. The average molecular weight is 247 g/mol. The van der Waals surface area contributed by atoms with Crippen molar-refractivity contribution in [3.63, 3.8) is 0 Å². The van der Waals surface area contributed by atoms with Gasteiger partial charge in [0.2, 0.25) is 0 Å². The van der Waals surface area contributed by atoms with Crippen molar-refractivity contribution in [2.24, 2.45) is 0 Å². The van der Waals surface area contributed by atoms with E-state index in [4.69, 9.17) is 11.6 Å². The third-order valence-electron chi connectivity index (χ3n) is 2.95. The highest BCUT2D eigenvalue weighted by molar-refractivity contribution is 6.33. The summed E-state index contributed by atoms with van der Waals surface area (Å²) in [6.45, 7) is 5.02. The van der Waals surface area contributed by atoms with Gasteiger partial charge in [0.25, 0.3) is 0 Å². The van der Waals surface area contributed by atoms with Crippen LogP contribution in [0.4, 0.5) is 5.69 Å². The van der Waals surface area contributed by atoms with E-state index in [1.54, 1.807) is 18.5 Å². The Bertz CT molecular complexity index is 523. The molecule has 2 aromatic rings. The number of nitrogens with one attached hydrogen (secondary N) is 1. The number of pyridine rings is 1. The Morgan fingerprint density at radius 3 is 2.82 bits per heavy atom. The van der Waals surface area contributed by atoms with E-state index in [9.17, 15) is 0 Å². The van der Waals surface area contributed by atoms with Gasteiger partial charge < -0.3 is 5.32 Å². The monoisotopic (exact) mass is 246 g/mol. The molecule has 0 aliphatic heterocycles. The number of nitrogens with zero attached hydrogens (tertiary/aromatic N) is 1. The SMILES string of the molecule is Cc1cccc(CNc2cnccc2Cl)c1C. The summed E-state index contributed by atoms with van der Waals surface area (Å²) < 4.78 is 0. The zero-order valence-corrected chi connectivity index (χ0v) is 10.8. The van der Waals surface area contributed by atoms with E-state index in [1.165, 1.54) is 16.7 Å². The van der Waals surface area contributed by atoms with Crippen LogP contribution in [-0.2, 0) is 6.54 Å². The lowest BCUT2D eigenvalue weighted by Gasteiger charge is -2.11. The number of benzene rings is 1. The molecule has 3 heteroatoms. The van der Waals surface area contributed by atoms with Gasteiger partial charge in [0.1, 0.15) is 0 Å². The van der Waals surface area contributed by atoms with E-state index in [0.717, 1.165) is 12.2 Å². The molecular formula is C14H15ClN2. The largest absolute Gasteiger partial charge is 0.379 e. The summed E-state index contributed by atoms with van der Waals surface area (Å²) >= 11 is 6.06. The van der Waals surface area contributed by atoms with Crippen LogP contribution in [0.25, 0.3) is 0 Å². The molecule has 0 fully saturated rings. The normalized spacial score (nSPS) is 10.3. The summed E-state index contributed by atoms with van der Waals surface area (Å²) in [4.78, 5) is 4.05. The minimum Gasteiger partial charge on any atom is -0.379 e. The molecule has 1 heterocycles. The van der Waals surface area contributed by atoms with E-state index in [2.05, 4.69) is 42.3 Å². The van der Waals surface area contributed by atoms with Gasteiger partial charge in [-0.3, -0.25) is 4.98 Å². The van der Waals surface area contributed by atoms with Gasteiger partial charge in [-0.2, -0.15) is 0 Å². The van der Waals surface area contributed by atoms with Crippen molar-refractivity contribution in [2.75, 3.05) is 5.32 Å². The first-order valence-corrected chi connectivity index (χ1v) is 5.95. The lowest BCUT2D eigenvalue weighted by atomic mass is 10.0. The van der Waals surface area contributed by atoms with Crippen LogP contribution < -0.4 is 5.32 Å².